The van der Waals surface area contributed by atoms with Crippen LogP contribution in [-0.2, 0) is 9.47 Å². The molecule has 0 aliphatic carbocycles. The van der Waals surface area contributed by atoms with Crippen molar-refractivity contribution in [3.63, 3.8) is 0 Å². The molecule has 0 saturated carbocycles. The molecule has 0 radical (unpaired) electrons. The van der Waals surface area contributed by atoms with Gasteiger partial charge in [-0.05, 0) is 6.07 Å². The van der Waals surface area contributed by atoms with E-state index in [-0.39, 0.29) is 5.82 Å². The van der Waals surface area contributed by atoms with Crippen LogP contribution in [0, 0.1) is 0 Å². The van der Waals surface area contributed by atoms with E-state index in [0.717, 1.165) is 11.7 Å². The molecule has 8 nitrogen and oxygen atoms in total. The predicted octanol–water partition coefficient (Wildman–Crippen LogP) is -1.61. The Morgan fingerprint density at radius 2 is 2.42 bits per heavy atom. The molecule has 1 aromatic rings. The van der Waals surface area contributed by atoms with Crippen LogP contribution in [0.25, 0.3) is 0 Å². The van der Waals surface area contributed by atoms with Gasteiger partial charge in [-0.15, -0.1) is 0 Å². The first-order chi connectivity index (χ1) is 8.95. The van der Waals surface area contributed by atoms with Crippen molar-refractivity contribution in [3.8, 4) is 0 Å². The summed E-state index contributed by atoms with van der Waals surface area (Å²) in [6.07, 6.45) is -3.97. The molecule has 4 unspecified atom stereocenters. The number of ether oxygens (including phenoxy) is 2. The third kappa shape index (κ3) is 2.10. The zero-order valence-electron chi connectivity index (χ0n) is 10.1. The van der Waals surface area contributed by atoms with Crippen LogP contribution in [0.1, 0.15) is 6.23 Å². The van der Waals surface area contributed by atoms with E-state index in [1.165, 1.54) is 12.3 Å². The summed E-state index contributed by atoms with van der Waals surface area (Å²) < 4.78 is 24.9. The van der Waals surface area contributed by atoms with Crippen molar-refractivity contribution in [2.24, 2.45) is 0 Å². The summed E-state index contributed by atoms with van der Waals surface area (Å²) in [4.78, 5) is 15.0. The van der Waals surface area contributed by atoms with E-state index >= 15 is 0 Å². The average Bonchev–Trinajstić information content (AvgIpc) is 2.64. The lowest BCUT2D eigenvalue weighted by Gasteiger charge is -2.27. The second-order valence-corrected chi connectivity index (χ2v) is 4.11. The number of rotatable bonds is 3. The number of hydrogen-bond acceptors (Lipinski definition) is 7. The van der Waals surface area contributed by atoms with Crippen LogP contribution in [0.15, 0.2) is 17.1 Å². The molecule has 9 heteroatoms. The fourth-order valence-electron chi connectivity index (χ4n) is 1.93. The summed E-state index contributed by atoms with van der Waals surface area (Å²) in [5.74, 6) is -1.93. The first-order valence-electron chi connectivity index (χ1n) is 5.46. The molecular formula is C10H14FN3O5. The van der Waals surface area contributed by atoms with E-state index in [4.69, 9.17) is 15.2 Å². The molecular weight excluding hydrogens is 261 g/mol. The Hall–Kier alpha value is -1.55. The van der Waals surface area contributed by atoms with Crippen molar-refractivity contribution < 1.29 is 24.1 Å². The SMILES string of the molecule is COC1(CO)OC(n2ccc(N)nc2=O)C(F)C1O. The maximum Gasteiger partial charge on any atom is 0.351 e. The van der Waals surface area contributed by atoms with Gasteiger partial charge in [0.1, 0.15) is 18.5 Å². The van der Waals surface area contributed by atoms with Crippen LogP contribution in [0.2, 0.25) is 0 Å². The minimum atomic E-state index is -1.96. The zero-order valence-corrected chi connectivity index (χ0v) is 10.1. The first kappa shape index (κ1) is 13.9. The Labute approximate surface area is 107 Å². The minimum Gasteiger partial charge on any atom is -0.391 e. The van der Waals surface area contributed by atoms with Gasteiger partial charge in [0, 0.05) is 13.3 Å². The number of anilines is 1. The molecule has 0 bridgehead atoms. The van der Waals surface area contributed by atoms with Crippen molar-refractivity contribution in [1.82, 2.24) is 9.55 Å². The van der Waals surface area contributed by atoms with Crippen LogP contribution in [0.4, 0.5) is 10.2 Å². The number of aliphatic hydroxyl groups excluding tert-OH is 2. The molecule has 0 amide bonds. The second-order valence-electron chi connectivity index (χ2n) is 4.11. The van der Waals surface area contributed by atoms with E-state index in [0.29, 0.717) is 0 Å². The third-order valence-electron chi connectivity index (χ3n) is 3.04. The van der Waals surface area contributed by atoms with Crippen LogP contribution in [0.5, 0.6) is 0 Å². The Morgan fingerprint density at radius 3 is 2.89 bits per heavy atom. The number of halogens is 1. The maximum absolute atomic E-state index is 14.0. The van der Waals surface area contributed by atoms with E-state index in [2.05, 4.69) is 4.98 Å². The third-order valence-corrected chi connectivity index (χ3v) is 3.04. The summed E-state index contributed by atoms with van der Waals surface area (Å²) >= 11 is 0. The van der Waals surface area contributed by atoms with E-state index in [1.54, 1.807) is 0 Å². The van der Waals surface area contributed by atoms with Gasteiger partial charge >= 0.3 is 5.69 Å². The predicted molar refractivity (Wildman–Crippen MR) is 60.8 cm³/mol. The first-order valence-corrected chi connectivity index (χ1v) is 5.46. The highest BCUT2D eigenvalue weighted by Gasteiger charge is 2.56. The van der Waals surface area contributed by atoms with Crippen molar-refractivity contribution in [1.29, 1.82) is 0 Å². The Morgan fingerprint density at radius 1 is 1.74 bits per heavy atom. The van der Waals surface area contributed by atoms with Gasteiger partial charge in [0.25, 0.3) is 0 Å². The van der Waals surface area contributed by atoms with E-state index in [1.807, 2.05) is 0 Å². The molecule has 0 aromatic carbocycles. The molecule has 0 spiro atoms. The topological polar surface area (TPSA) is 120 Å². The minimum absolute atomic E-state index is 0.0182. The number of methoxy groups -OCH3 is 1. The van der Waals surface area contributed by atoms with Crippen LogP contribution in [0.3, 0.4) is 0 Å². The summed E-state index contributed by atoms with van der Waals surface area (Å²) in [6.45, 7) is -0.765. The highest BCUT2D eigenvalue weighted by molar-refractivity contribution is 5.23. The van der Waals surface area contributed by atoms with Gasteiger partial charge in [-0.2, -0.15) is 4.98 Å². The smallest absolute Gasteiger partial charge is 0.351 e. The van der Waals surface area contributed by atoms with E-state index in [9.17, 15) is 19.4 Å². The highest BCUT2D eigenvalue weighted by Crippen LogP contribution is 2.38. The second kappa shape index (κ2) is 4.85. The lowest BCUT2D eigenvalue weighted by molar-refractivity contribution is -0.269. The molecule has 1 aliphatic heterocycles. The number of nitrogens with zero attached hydrogens (tertiary/aromatic N) is 2. The number of hydrogen-bond donors (Lipinski definition) is 3. The average molecular weight is 275 g/mol. The van der Waals surface area contributed by atoms with Crippen LogP contribution < -0.4 is 11.4 Å². The Bertz CT molecular complexity index is 518. The zero-order chi connectivity index (χ0) is 14.2. The number of alkyl halides is 1. The van der Waals surface area contributed by atoms with Gasteiger partial charge in [0.2, 0.25) is 5.79 Å². The highest BCUT2D eigenvalue weighted by atomic mass is 19.1. The molecule has 4 atom stereocenters. The molecule has 19 heavy (non-hydrogen) atoms. The molecule has 106 valence electrons. The quantitative estimate of drug-likeness (QED) is 0.607. The molecule has 1 fully saturated rings. The van der Waals surface area contributed by atoms with Gasteiger partial charge in [0.05, 0.1) is 0 Å². The van der Waals surface area contributed by atoms with Gasteiger partial charge in [-0.25, -0.2) is 9.18 Å². The summed E-state index contributed by atoms with van der Waals surface area (Å²) in [7, 11) is 1.15. The monoisotopic (exact) mass is 275 g/mol. The fraction of sp³-hybridized carbons (Fsp3) is 0.600. The van der Waals surface area contributed by atoms with Gasteiger partial charge in [0.15, 0.2) is 12.4 Å². The number of nitrogens with two attached hydrogens (primary N) is 1. The molecule has 2 heterocycles. The molecule has 2 rings (SSSR count). The standard InChI is InChI=1S/C10H14FN3O5/c1-18-10(4-15)7(16)6(11)8(19-10)14-3-2-5(12)13-9(14)17/h2-3,6-8,15-16H,4H2,1H3,(H2,12,13,17). The number of aromatic nitrogens is 2. The molecule has 1 saturated heterocycles. The largest absolute Gasteiger partial charge is 0.391 e. The Balaban J connectivity index is 2.39. The number of aliphatic hydroxyl groups is 2. The maximum atomic E-state index is 14.0. The van der Waals surface area contributed by atoms with Crippen molar-refractivity contribution >= 4 is 5.82 Å². The van der Waals surface area contributed by atoms with Gasteiger partial charge in [-0.1, -0.05) is 0 Å². The summed E-state index contributed by atoms with van der Waals surface area (Å²) in [5, 5.41) is 18.9. The normalized spacial score (nSPS) is 34.6. The molecule has 4 N–H and O–H groups in total. The lowest BCUT2D eigenvalue weighted by atomic mass is 10.1. The van der Waals surface area contributed by atoms with E-state index < -0.39 is 36.6 Å². The van der Waals surface area contributed by atoms with Crippen molar-refractivity contribution in [2.45, 2.75) is 24.3 Å². The van der Waals surface area contributed by atoms with Crippen molar-refractivity contribution in [2.75, 3.05) is 19.5 Å². The lowest BCUT2D eigenvalue weighted by Crippen LogP contribution is -2.47. The van der Waals surface area contributed by atoms with Gasteiger partial charge < -0.3 is 25.4 Å². The fourth-order valence-corrected chi connectivity index (χ4v) is 1.93. The van der Waals surface area contributed by atoms with Crippen molar-refractivity contribution in [3.05, 3.63) is 22.7 Å². The molecule has 1 aliphatic rings. The molecule has 1 aromatic heterocycles. The summed E-state index contributed by atoms with van der Waals surface area (Å²) in [5.41, 5.74) is 4.49. The van der Waals surface area contributed by atoms with Gasteiger partial charge in [-0.3, -0.25) is 4.57 Å². The van der Waals surface area contributed by atoms with Crippen LogP contribution in [-0.4, -0.2) is 51.5 Å². The Kier molecular flexibility index (Phi) is 3.54. The van der Waals surface area contributed by atoms with Crippen LogP contribution >= 0.6 is 0 Å². The summed E-state index contributed by atoms with van der Waals surface area (Å²) in [6, 6.07) is 1.29. The number of nitrogen functional groups attached to an aromatic ring is 1.